The Morgan fingerprint density at radius 3 is 1.50 bits per heavy atom. The molecule has 0 aromatic heterocycles. The third-order valence-electron chi connectivity index (χ3n) is 6.51. The average molecular weight is 532 g/mol. The zero-order valence-corrected chi connectivity index (χ0v) is 21.7. The standard InChI is InChI=1S/C27H37N3O8/c31-20(11-5-2-8-18-29-23(33)14-15-24(29)34)10-4-1-6-12-21(27(37)38)28-22(32)13-7-3-9-19-30-25(35)16-17-26(30)36/h14-17,21H,1-13,18-19H2,(H,28,32)(H,37,38). The Morgan fingerprint density at radius 1 is 0.632 bits per heavy atom. The van der Waals surface area contributed by atoms with E-state index in [1.807, 2.05) is 0 Å². The summed E-state index contributed by atoms with van der Waals surface area (Å²) in [6, 6.07) is -0.978. The molecule has 0 bridgehead atoms. The fourth-order valence-corrected chi connectivity index (χ4v) is 4.30. The van der Waals surface area contributed by atoms with Crippen LogP contribution in [0.4, 0.5) is 0 Å². The number of carboxylic acid groups (broad SMARTS) is 1. The molecule has 11 nitrogen and oxygen atoms in total. The van der Waals surface area contributed by atoms with Gasteiger partial charge < -0.3 is 10.4 Å². The second kappa shape index (κ2) is 16.3. The predicted octanol–water partition coefficient (Wildman–Crippen LogP) is 2.05. The van der Waals surface area contributed by atoms with E-state index < -0.39 is 12.0 Å². The quantitative estimate of drug-likeness (QED) is 0.178. The molecule has 11 heteroatoms. The first kappa shape index (κ1) is 30.6. The van der Waals surface area contributed by atoms with Crippen molar-refractivity contribution in [2.45, 2.75) is 89.5 Å². The van der Waals surface area contributed by atoms with E-state index in [9.17, 15) is 38.7 Å². The summed E-state index contributed by atoms with van der Waals surface area (Å²) >= 11 is 0. The molecule has 0 radical (unpaired) electrons. The SMILES string of the molecule is O=C(CCCCCC(NC(=O)CCCCCN1C(=O)C=CC1=O)C(=O)O)CCCCCN1C(=O)C=CC1=O. The van der Waals surface area contributed by atoms with E-state index in [0.29, 0.717) is 77.3 Å². The van der Waals surface area contributed by atoms with Crippen molar-refractivity contribution in [3.05, 3.63) is 24.3 Å². The summed E-state index contributed by atoms with van der Waals surface area (Å²) < 4.78 is 0. The van der Waals surface area contributed by atoms with Gasteiger partial charge in [0.05, 0.1) is 0 Å². The molecular weight excluding hydrogens is 494 g/mol. The number of carboxylic acids is 1. The molecule has 0 aliphatic carbocycles. The highest BCUT2D eigenvalue weighted by Gasteiger charge is 2.23. The fourth-order valence-electron chi connectivity index (χ4n) is 4.30. The summed E-state index contributed by atoms with van der Waals surface area (Å²) in [4.78, 5) is 83.9. The maximum Gasteiger partial charge on any atom is 0.326 e. The predicted molar refractivity (Wildman–Crippen MR) is 136 cm³/mol. The lowest BCUT2D eigenvalue weighted by atomic mass is 10.0. The van der Waals surface area contributed by atoms with Crippen molar-refractivity contribution in [3.63, 3.8) is 0 Å². The zero-order valence-electron chi connectivity index (χ0n) is 21.7. The van der Waals surface area contributed by atoms with Crippen molar-refractivity contribution in [2.24, 2.45) is 0 Å². The monoisotopic (exact) mass is 531 g/mol. The van der Waals surface area contributed by atoms with Crippen molar-refractivity contribution in [2.75, 3.05) is 13.1 Å². The van der Waals surface area contributed by atoms with Crippen LogP contribution in [0.15, 0.2) is 24.3 Å². The van der Waals surface area contributed by atoms with Crippen LogP contribution in [0.25, 0.3) is 0 Å². The van der Waals surface area contributed by atoms with Crippen LogP contribution < -0.4 is 5.32 Å². The molecule has 0 spiro atoms. The number of carbonyl (C=O) groups is 7. The first-order valence-corrected chi connectivity index (χ1v) is 13.3. The number of amides is 5. The number of aliphatic carboxylic acids is 1. The molecule has 2 aliphatic heterocycles. The molecule has 1 atom stereocenters. The molecule has 2 heterocycles. The molecule has 38 heavy (non-hydrogen) atoms. The lowest BCUT2D eigenvalue weighted by molar-refractivity contribution is -0.142. The highest BCUT2D eigenvalue weighted by atomic mass is 16.4. The van der Waals surface area contributed by atoms with E-state index in [4.69, 9.17) is 0 Å². The van der Waals surface area contributed by atoms with Crippen LogP contribution in [0.2, 0.25) is 0 Å². The van der Waals surface area contributed by atoms with Gasteiger partial charge in [0.1, 0.15) is 11.8 Å². The van der Waals surface area contributed by atoms with E-state index in [-0.39, 0.29) is 48.2 Å². The van der Waals surface area contributed by atoms with Crippen LogP contribution in [0.3, 0.4) is 0 Å². The third-order valence-corrected chi connectivity index (χ3v) is 6.51. The van der Waals surface area contributed by atoms with Crippen LogP contribution >= 0.6 is 0 Å². The van der Waals surface area contributed by atoms with Crippen molar-refractivity contribution in [3.8, 4) is 0 Å². The number of carbonyl (C=O) groups excluding carboxylic acids is 6. The Bertz CT molecular complexity index is 935. The molecule has 2 N–H and O–H groups in total. The van der Waals surface area contributed by atoms with Gasteiger partial charge in [-0.25, -0.2) is 4.79 Å². The summed E-state index contributed by atoms with van der Waals surface area (Å²) in [5.74, 6) is -2.56. The molecule has 1 unspecified atom stereocenters. The number of rotatable bonds is 20. The van der Waals surface area contributed by atoms with Gasteiger partial charge in [0, 0.05) is 56.7 Å². The van der Waals surface area contributed by atoms with Gasteiger partial charge in [-0.3, -0.25) is 38.6 Å². The molecule has 0 aromatic rings. The Hall–Kier alpha value is -3.63. The molecular formula is C27H37N3O8. The van der Waals surface area contributed by atoms with Crippen molar-refractivity contribution in [1.82, 2.24) is 15.1 Å². The average Bonchev–Trinajstić information content (AvgIpc) is 3.37. The number of hydrogen-bond acceptors (Lipinski definition) is 7. The highest BCUT2D eigenvalue weighted by molar-refractivity contribution is 6.13. The summed E-state index contributed by atoms with van der Waals surface area (Å²) in [7, 11) is 0. The van der Waals surface area contributed by atoms with Gasteiger partial charge in [0.2, 0.25) is 5.91 Å². The van der Waals surface area contributed by atoms with Gasteiger partial charge in [-0.15, -0.1) is 0 Å². The van der Waals surface area contributed by atoms with Crippen LogP contribution in [-0.2, 0) is 33.6 Å². The number of Topliss-reactive ketones (excluding diaryl/α,β-unsaturated/α-hetero) is 1. The van der Waals surface area contributed by atoms with Gasteiger partial charge >= 0.3 is 5.97 Å². The number of ketones is 1. The summed E-state index contributed by atoms with van der Waals surface area (Å²) in [5, 5.41) is 11.9. The number of nitrogens with zero attached hydrogens (tertiary/aromatic N) is 2. The maximum atomic E-state index is 12.1. The number of unbranched alkanes of at least 4 members (excludes halogenated alkanes) is 6. The van der Waals surface area contributed by atoms with Crippen LogP contribution in [-0.4, -0.2) is 75.3 Å². The topological polar surface area (TPSA) is 158 Å². The third kappa shape index (κ3) is 10.8. The summed E-state index contributed by atoms with van der Waals surface area (Å²) in [6.07, 6.45) is 12.0. The van der Waals surface area contributed by atoms with Gasteiger partial charge in [-0.2, -0.15) is 0 Å². The first-order valence-electron chi connectivity index (χ1n) is 13.3. The molecule has 2 rings (SSSR count). The van der Waals surface area contributed by atoms with Crippen molar-refractivity contribution in [1.29, 1.82) is 0 Å². The highest BCUT2D eigenvalue weighted by Crippen LogP contribution is 2.12. The van der Waals surface area contributed by atoms with E-state index >= 15 is 0 Å². The van der Waals surface area contributed by atoms with Crippen LogP contribution in [0.1, 0.15) is 83.5 Å². The minimum Gasteiger partial charge on any atom is -0.480 e. The van der Waals surface area contributed by atoms with Crippen molar-refractivity contribution >= 4 is 41.3 Å². The van der Waals surface area contributed by atoms with E-state index in [0.717, 1.165) is 11.3 Å². The van der Waals surface area contributed by atoms with Gasteiger partial charge in [-0.1, -0.05) is 25.7 Å². The summed E-state index contributed by atoms with van der Waals surface area (Å²) in [5.41, 5.74) is 0. The molecule has 0 fully saturated rings. The van der Waals surface area contributed by atoms with E-state index in [1.54, 1.807) is 0 Å². The normalized spacial score (nSPS) is 15.6. The molecule has 208 valence electrons. The minimum atomic E-state index is -1.10. The van der Waals surface area contributed by atoms with E-state index in [2.05, 4.69) is 5.32 Å². The first-order chi connectivity index (χ1) is 18.2. The zero-order chi connectivity index (χ0) is 27.9. The maximum absolute atomic E-state index is 12.1. The Morgan fingerprint density at radius 2 is 1.05 bits per heavy atom. The molecule has 0 saturated carbocycles. The smallest absolute Gasteiger partial charge is 0.326 e. The molecule has 5 amide bonds. The molecule has 0 saturated heterocycles. The number of hydrogen-bond donors (Lipinski definition) is 2. The number of nitrogens with one attached hydrogen (secondary N) is 1. The molecule has 0 aromatic carbocycles. The lowest BCUT2D eigenvalue weighted by Crippen LogP contribution is -2.40. The Kier molecular flexibility index (Phi) is 13.1. The Balaban J connectivity index is 1.47. The van der Waals surface area contributed by atoms with E-state index in [1.165, 1.54) is 29.2 Å². The van der Waals surface area contributed by atoms with Gasteiger partial charge in [0.25, 0.3) is 23.6 Å². The largest absolute Gasteiger partial charge is 0.480 e. The minimum absolute atomic E-state index is 0.137. The Labute approximate surface area is 222 Å². The van der Waals surface area contributed by atoms with Crippen molar-refractivity contribution < 1.29 is 38.7 Å². The second-order valence-corrected chi connectivity index (χ2v) is 9.54. The van der Waals surface area contributed by atoms with Crippen LogP contribution in [0.5, 0.6) is 0 Å². The number of imide groups is 2. The van der Waals surface area contributed by atoms with Gasteiger partial charge in [0.15, 0.2) is 0 Å². The lowest BCUT2D eigenvalue weighted by Gasteiger charge is -2.15. The molecule has 2 aliphatic rings. The second-order valence-electron chi connectivity index (χ2n) is 9.54. The fraction of sp³-hybridized carbons (Fsp3) is 0.593. The van der Waals surface area contributed by atoms with Crippen LogP contribution in [0, 0.1) is 0 Å². The summed E-state index contributed by atoms with van der Waals surface area (Å²) in [6.45, 7) is 0.661. The van der Waals surface area contributed by atoms with Gasteiger partial charge in [-0.05, 0) is 38.5 Å².